The van der Waals surface area contributed by atoms with Gasteiger partial charge in [0.2, 0.25) is 5.91 Å². The van der Waals surface area contributed by atoms with Crippen LogP contribution < -0.4 is 5.69 Å². The maximum Gasteiger partial charge on any atom is 0.354 e. The molecule has 36 heavy (non-hydrogen) atoms. The molecule has 4 rings (SSSR count). The quantitative estimate of drug-likeness (QED) is 0.344. The average Bonchev–Trinajstić information content (AvgIpc) is 3.51. The molecule has 0 unspecified atom stereocenters. The number of carboxylic acid groups (broad SMARTS) is 1. The van der Waals surface area contributed by atoms with Crippen LogP contribution in [0.15, 0.2) is 53.3 Å². The zero-order valence-corrected chi connectivity index (χ0v) is 20.3. The molecule has 0 bridgehead atoms. The van der Waals surface area contributed by atoms with Gasteiger partial charge in [0.1, 0.15) is 0 Å². The van der Waals surface area contributed by atoms with E-state index in [1.807, 2.05) is 62.4 Å². The number of H-pyrrole nitrogens is 1. The first-order chi connectivity index (χ1) is 17.5. The minimum atomic E-state index is -1.27. The van der Waals surface area contributed by atoms with E-state index in [9.17, 15) is 19.5 Å². The number of tetrazole rings is 1. The van der Waals surface area contributed by atoms with Gasteiger partial charge in [-0.15, -0.1) is 5.10 Å². The molecular weight excluding hydrogens is 460 g/mol. The lowest BCUT2D eigenvalue weighted by atomic mass is 9.98. The zero-order chi connectivity index (χ0) is 25.7. The Morgan fingerprint density at radius 3 is 2.33 bits per heavy atom. The number of nitrogens with one attached hydrogen (secondary N) is 1. The van der Waals surface area contributed by atoms with Crippen molar-refractivity contribution in [1.82, 2.24) is 29.8 Å². The predicted molar refractivity (Wildman–Crippen MR) is 134 cm³/mol. The Hall–Kier alpha value is -4.34. The molecule has 0 saturated heterocycles. The highest BCUT2D eigenvalue weighted by atomic mass is 16.4. The lowest BCUT2D eigenvalue weighted by Gasteiger charge is -2.10. The summed E-state index contributed by atoms with van der Waals surface area (Å²) in [5.74, 6) is -1.20. The Labute approximate surface area is 207 Å². The second-order valence-electron chi connectivity index (χ2n) is 8.54. The number of aromatic amines is 1. The molecule has 0 aliphatic carbocycles. The van der Waals surface area contributed by atoms with E-state index in [1.54, 1.807) is 0 Å². The van der Waals surface area contributed by atoms with E-state index in [2.05, 4.69) is 20.6 Å². The number of unbranched alkanes of at least 4 members (excludes halogenated alkanes) is 1. The third-order valence-corrected chi connectivity index (χ3v) is 6.06. The van der Waals surface area contributed by atoms with E-state index < -0.39 is 17.6 Å². The summed E-state index contributed by atoms with van der Waals surface area (Å²) in [5, 5.41) is 24.0. The highest BCUT2D eigenvalue weighted by Crippen LogP contribution is 2.30. The third-order valence-electron chi connectivity index (χ3n) is 6.06. The minimum absolute atomic E-state index is 0.126. The number of carbonyl (C=O) groups is 2. The maximum atomic E-state index is 13.3. The molecule has 0 saturated carbocycles. The smallest absolute Gasteiger partial charge is 0.354 e. The number of nitrogens with zero attached hydrogens (tertiary/aromatic N) is 5. The molecule has 0 aliphatic heterocycles. The van der Waals surface area contributed by atoms with Crippen molar-refractivity contribution in [3.05, 3.63) is 76.0 Å². The van der Waals surface area contributed by atoms with Crippen molar-refractivity contribution in [2.45, 2.75) is 52.5 Å². The maximum absolute atomic E-state index is 13.3. The van der Waals surface area contributed by atoms with E-state index in [0.29, 0.717) is 30.8 Å². The van der Waals surface area contributed by atoms with Crippen molar-refractivity contribution in [2.24, 2.45) is 0 Å². The van der Waals surface area contributed by atoms with Gasteiger partial charge < -0.3 is 5.11 Å². The predicted octanol–water partition coefficient (Wildman–Crippen LogP) is 4.03. The highest BCUT2D eigenvalue weighted by Gasteiger charge is 2.27. The van der Waals surface area contributed by atoms with Crippen LogP contribution in [-0.4, -0.2) is 46.7 Å². The monoisotopic (exact) mass is 488 g/mol. The molecule has 0 aliphatic rings. The largest absolute Gasteiger partial charge is 0.477 e. The lowest BCUT2D eigenvalue weighted by Crippen LogP contribution is -2.31. The van der Waals surface area contributed by atoms with E-state index in [-0.39, 0.29) is 18.7 Å². The average molecular weight is 489 g/mol. The van der Waals surface area contributed by atoms with Gasteiger partial charge in [-0.05, 0) is 40.0 Å². The Kier molecular flexibility index (Phi) is 7.53. The first kappa shape index (κ1) is 24.8. The van der Waals surface area contributed by atoms with Crippen molar-refractivity contribution in [2.75, 3.05) is 0 Å². The van der Waals surface area contributed by atoms with Crippen LogP contribution in [-0.2, 0) is 13.0 Å². The van der Waals surface area contributed by atoms with E-state index in [0.717, 1.165) is 33.2 Å². The molecule has 2 aromatic heterocycles. The second kappa shape index (κ2) is 10.9. The molecule has 2 N–H and O–H groups in total. The third kappa shape index (κ3) is 4.88. The van der Waals surface area contributed by atoms with E-state index >= 15 is 0 Å². The van der Waals surface area contributed by atoms with Crippen molar-refractivity contribution in [3.63, 3.8) is 0 Å². The summed E-state index contributed by atoms with van der Waals surface area (Å²) in [7, 11) is 0. The van der Waals surface area contributed by atoms with Gasteiger partial charge in [0.15, 0.2) is 11.5 Å². The molecule has 0 atom stereocenters. The van der Waals surface area contributed by atoms with Crippen molar-refractivity contribution in [1.29, 1.82) is 0 Å². The van der Waals surface area contributed by atoms with Crippen molar-refractivity contribution >= 4 is 11.9 Å². The molecule has 10 nitrogen and oxygen atoms in total. The van der Waals surface area contributed by atoms with Crippen molar-refractivity contribution in [3.8, 4) is 22.5 Å². The number of aromatic nitrogens is 6. The molecule has 0 spiro atoms. The first-order valence-electron chi connectivity index (χ1n) is 12.0. The summed E-state index contributed by atoms with van der Waals surface area (Å²) in [6.07, 6.45) is 2.50. The molecule has 0 amide bonds. The van der Waals surface area contributed by atoms with E-state index in [4.69, 9.17) is 0 Å². The molecular formula is C26H28N6O4. The van der Waals surface area contributed by atoms with Crippen LogP contribution in [0.4, 0.5) is 0 Å². The second-order valence-corrected chi connectivity index (χ2v) is 8.54. The van der Waals surface area contributed by atoms with Gasteiger partial charge in [0, 0.05) is 12.0 Å². The lowest BCUT2D eigenvalue weighted by molar-refractivity contribution is 0.0670. The zero-order valence-electron chi connectivity index (χ0n) is 20.3. The number of carbonyl (C=O) groups excluding carboxylic acids is 1. The molecule has 0 fully saturated rings. The fourth-order valence-corrected chi connectivity index (χ4v) is 4.32. The standard InChI is InChI=1S/C26H28N6O4/c1-3-5-11-22(33)32-23(25(34)35)21(8-4-2)31(26(32)36)16-17-12-14-18(15-13-17)19-9-6-7-10-20(19)24-27-29-30-28-24/h6-7,9-10,12-15H,3-5,8,11,16H2,1-2H3,(H,34,35)(H,27,28,29,30). The van der Waals surface area contributed by atoms with Crippen molar-refractivity contribution < 1.29 is 14.7 Å². The van der Waals surface area contributed by atoms with Gasteiger partial charge in [-0.3, -0.25) is 9.36 Å². The molecule has 10 heteroatoms. The number of carboxylic acids is 1. The number of hydrogen-bond acceptors (Lipinski definition) is 6. The Morgan fingerprint density at radius 1 is 1.00 bits per heavy atom. The SMILES string of the molecule is CCCCC(=O)n1c(C(=O)O)c(CCC)n(Cc2ccc(-c3ccccc3-c3nnn[nH]3)cc2)c1=O. The van der Waals surface area contributed by atoms with Crippen LogP contribution in [0, 0.1) is 0 Å². The van der Waals surface area contributed by atoms with Gasteiger partial charge in [-0.1, -0.05) is 75.2 Å². The van der Waals surface area contributed by atoms with Crippen LogP contribution in [0.25, 0.3) is 22.5 Å². The Morgan fingerprint density at radius 2 is 1.72 bits per heavy atom. The Balaban J connectivity index is 1.71. The summed E-state index contributed by atoms with van der Waals surface area (Å²) in [5.41, 5.74) is 3.07. The van der Waals surface area contributed by atoms with Gasteiger partial charge >= 0.3 is 11.7 Å². The molecule has 2 aromatic carbocycles. The van der Waals surface area contributed by atoms with Crippen LogP contribution in [0.5, 0.6) is 0 Å². The molecule has 0 radical (unpaired) electrons. The fourth-order valence-electron chi connectivity index (χ4n) is 4.32. The van der Waals surface area contributed by atoms with Gasteiger partial charge in [0.25, 0.3) is 0 Å². The van der Waals surface area contributed by atoms with Gasteiger partial charge in [-0.2, -0.15) is 0 Å². The number of benzene rings is 2. The number of aromatic carboxylic acids is 1. The van der Waals surface area contributed by atoms with Crippen LogP contribution in [0.1, 0.15) is 66.1 Å². The Bertz CT molecular complexity index is 1420. The normalized spacial score (nSPS) is 11.1. The summed E-state index contributed by atoms with van der Waals surface area (Å²) >= 11 is 0. The van der Waals surface area contributed by atoms with Crippen LogP contribution in [0.3, 0.4) is 0 Å². The first-order valence-corrected chi connectivity index (χ1v) is 12.0. The number of rotatable bonds is 10. The number of imidazole rings is 1. The fraction of sp³-hybridized carbons (Fsp3) is 0.308. The highest BCUT2D eigenvalue weighted by molar-refractivity contribution is 5.93. The van der Waals surface area contributed by atoms with Gasteiger partial charge in [-0.25, -0.2) is 19.3 Å². The molecule has 186 valence electrons. The van der Waals surface area contributed by atoms with Gasteiger partial charge in [0.05, 0.1) is 12.2 Å². The topological polar surface area (TPSA) is 136 Å². The molecule has 4 aromatic rings. The van der Waals surface area contributed by atoms with E-state index in [1.165, 1.54) is 4.57 Å². The summed E-state index contributed by atoms with van der Waals surface area (Å²) in [4.78, 5) is 38.2. The van der Waals surface area contributed by atoms with Crippen LogP contribution >= 0.6 is 0 Å². The summed E-state index contributed by atoms with van der Waals surface area (Å²) < 4.78 is 2.26. The summed E-state index contributed by atoms with van der Waals surface area (Å²) in [6, 6.07) is 15.4. The minimum Gasteiger partial charge on any atom is -0.477 e. The molecule has 2 heterocycles. The van der Waals surface area contributed by atoms with Crippen LogP contribution in [0.2, 0.25) is 0 Å². The number of hydrogen-bond donors (Lipinski definition) is 2. The summed E-state index contributed by atoms with van der Waals surface area (Å²) in [6.45, 7) is 4.01.